The lowest BCUT2D eigenvalue weighted by Gasteiger charge is -2.02. The smallest absolute Gasteiger partial charge is 0.257 e. The van der Waals surface area contributed by atoms with Crippen molar-refractivity contribution in [3.63, 3.8) is 0 Å². The standard InChI is InChI=1S/C16H17N5O/c1-11-18-16(22-20-11)12-2-4-14(5-3-12)21-10-13-6-8-17-9-7-15(13)19-21/h2-5,10,17H,6-9H2,1H3. The quantitative estimate of drug-likeness (QED) is 0.782. The minimum Gasteiger partial charge on any atom is -0.334 e. The summed E-state index contributed by atoms with van der Waals surface area (Å²) in [4.78, 5) is 4.24. The predicted molar refractivity (Wildman–Crippen MR) is 81.9 cm³/mol. The van der Waals surface area contributed by atoms with Gasteiger partial charge in [-0.25, -0.2) is 4.68 Å². The Hall–Kier alpha value is -2.47. The Bertz CT molecular complexity index is 764. The number of rotatable bonds is 2. The molecule has 6 nitrogen and oxygen atoms in total. The summed E-state index contributed by atoms with van der Waals surface area (Å²) in [6.45, 7) is 3.83. The summed E-state index contributed by atoms with van der Waals surface area (Å²) in [5.74, 6) is 1.19. The number of nitrogens with one attached hydrogen (secondary N) is 1. The monoisotopic (exact) mass is 295 g/mol. The van der Waals surface area contributed by atoms with Crippen molar-refractivity contribution in [3.05, 3.63) is 47.5 Å². The summed E-state index contributed by atoms with van der Waals surface area (Å²) >= 11 is 0. The molecule has 0 radical (unpaired) electrons. The second-order valence-corrected chi connectivity index (χ2v) is 5.49. The average molecular weight is 295 g/mol. The first-order valence-corrected chi connectivity index (χ1v) is 7.49. The molecule has 22 heavy (non-hydrogen) atoms. The molecule has 1 aliphatic heterocycles. The Kier molecular flexibility index (Phi) is 3.23. The first kappa shape index (κ1) is 13.2. The van der Waals surface area contributed by atoms with Crippen LogP contribution >= 0.6 is 0 Å². The van der Waals surface area contributed by atoms with Crippen LogP contribution in [0.3, 0.4) is 0 Å². The maximum atomic E-state index is 5.19. The van der Waals surface area contributed by atoms with Gasteiger partial charge in [0, 0.05) is 24.7 Å². The van der Waals surface area contributed by atoms with Crippen LogP contribution < -0.4 is 5.32 Å². The molecular formula is C16H17N5O. The highest BCUT2D eigenvalue weighted by atomic mass is 16.5. The highest BCUT2D eigenvalue weighted by Crippen LogP contribution is 2.20. The SMILES string of the molecule is Cc1noc(-c2ccc(-n3cc4c(n3)CCNCC4)cc2)n1. The van der Waals surface area contributed by atoms with E-state index in [4.69, 9.17) is 9.62 Å². The zero-order chi connectivity index (χ0) is 14.9. The van der Waals surface area contributed by atoms with Crippen LogP contribution in [0.4, 0.5) is 0 Å². The van der Waals surface area contributed by atoms with E-state index in [9.17, 15) is 0 Å². The number of aryl methyl sites for hydroxylation is 1. The van der Waals surface area contributed by atoms with Crippen LogP contribution in [0.1, 0.15) is 17.1 Å². The third-order valence-corrected chi connectivity index (χ3v) is 3.89. The van der Waals surface area contributed by atoms with Crippen LogP contribution in [0.15, 0.2) is 35.0 Å². The fraction of sp³-hybridized carbons (Fsp3) is 0.312. The third-order valence-electron chi connectivity index (χ3n) is 3.89. The van der Waals surface area contributed by atoms with E-state index in [0.29, 0.717) is 11.7 Å². The Morgan fingerprint density at radius 2 is 1.95 bits per heavy atom. The molecule has 0 amide bonds. The van der Waals surface area contributed by atoms with Crippen molar-refractivity contribution >= 4 is 0 Å². The van der Waals surface area contributed by atoms with Crippen molar-refractivity contribution in [2.75, 3.05) is 13.1 Å². The molecule has 0 unspecified atom stereocenters. The molecule has 0 fully saturated rings. The van der Waals surface area contributed by atoms with Crippen LogP contribution in [-0.2, 0) is 12.8 Å². The van der Waals surface area contributed by atoms with Gasteiger partial charge in [-0.05, 0) is 49.7 Å². The number of aromatic nitrogens is 4. The number of benzene rings is 1. The first-order chi connectivity index (χ1) is 10.8. The maximum Gasteiger partial charge on any atom is 0.257 e. The Morgan fingerprint density at radius 3 is 2.73 bits per heavy atom. The molecule has 0 saturated carbocycles. The highest BCUT2D eigenvalue weighted by molar-refractivity contribution is 5.55. The van der Waals surface area contributed by atoms with Gasteiger partial charge in [0.15, 0.2) is 5.82 Å². The molecule has 112 valence electrons. The van der Waals surface area contributed by atoms with Crippen LogP contribution in [0.25, 0.3) is 17.1 Å². The van der Waals surface area contributed by atoms with Crippen molar-refractivity contribution in [2.24, 2.45) is 0 Å². The minimum absolute atomic E-state index is 0.548. The van der Waals surface area contributed by atoms with Gasteiger partial charge in [-0.2, -0.15) is 10.1 Å². The van der Waals surface area contributed by atoms with E-state index in [1.807, 2.05) is 35.9 Å². The largest absolute Gasteiger partial charge is 0.334 e. The van der Waals surface area contributed by atoms with Gasteiger partial charge in [-0.15, -0.1) is 0 Å². The Balaban J connectivity index is 1.63. The summed E-state index contributed by atoms with van der Waals surface area (Å²) < 4.78 is 7.14. The van der Waals surface area contributed by atoms with Gasteiger partial charge < -0.3 is 9.84 Å². The molecule has 1 aromatic carbocycles. The molecule has 1 N–H and O–H groups in total. The van der Waals surface area contributed by atoms with E-state index in [1.165, 1.54) is 11.3 Å². The van der Waals surface area contributed by atoms with Crippen molar-refractivity contribution in [1.82, 2.24) is 25.2 Å². The predicted octanol–water partition coefficient (Wildman–Crippen LogP) is 1.92. The summed E-state index contributed by atoms with van der Waals surface area (Å²) in [6, 6.07) is 8.02. The lowest BCUT2D eigenvalue weighted by molar-refractivity contribution is 0.425. The lowest BCUT2D eigenvalue weighted by atomic mass is 10.2. The molecule has 0 saturated heterocycles. The van der Waals surface area contributed by atoms with E-state index < -0.39 is 0 Å². The normalized spacial score (nSPS) is 14.6. The topological polar surface area (TPSA) is 68.8 Å². The van der Waals surface area contributed by atoms with Gasteiger partial charge in [-0.1, -0.05) is 5.16 Å². The fourth-order valence-electron chi connectivity index (χ4n) is 2.72. The highest BCUT2D eigenvalue weighted by Gasteiger charge is 2.13. The van der Waals surface area contributed by atoms with Crippen molar-refractivity contribution in [2.45, 2.75) is 19.8 Å². The summed E-state index contributed by atoms with van der Waals surface area (Å²) in [6.07, 6.45) is 4.16. The molecule has 4 rings (SSSR count). The van der Waals surface area contributed by atoms with Gasteiger partial charge in [0.1, 0.15) is 0 Å². The van der Waals surface area contributed by atoms with E-state index in [2.05, 4.69) is 21.7 Å². The van der Waals surface area contributed by atoms with Crippen LogP contribution in [0.5, 0.6) is 0 Å². The molecule has 0 bridgehead atoms. The average Bonchev–Trinajstić information content (AvgIpc) is 3.09. The third kappa shape index (κ3) is 2.42. The molecule has 0 spiro atoms. The molecule has 1 aliphatic rings. The molecule has 3 heterocycles. The van der Waals surface area contributed by atoms with Crippen molar-refractivity contribution in [3.8, 4) is 17.1 Å². The van der Waals surface area contributed by atoms with Gasteiger partial charge in [0.2, 0.25) is 0 Å². The zero-order valence-corrected chi connectivity index (χ0v) is 12.4. The van der Waals surface area contributed by atoms with Gasteiger partial charge in [-0.3, -0.25) is 0 Å². The van der Waals surface area contributed by atoms with E-state index in [-0.39, 0.29) is 0 Å². The second kappa shape index (κ2) is 5.38. The minimum atomic E-state index is 0.548. The molecular weight excluding hydrogens is 278 g/mol. The number of fused-ring (bicyclic) bond motifs is 1. The van der Waals surface area contributed by atoms with Crippen molar-refractivity contribution in [1.29, 1.82) is 0 Å². The number of nitrogens with zero attached hydrogens (tertiary/aromatic N) is 4. The summed E-state index contributed by atoms with van der Waals surface area (Å²) in [7, 11) is 0. The van der Waals surface area contributed by atoms with E-state index in [1.54, 1.807) is 0 Å². The van der Waals surface area contributed by atoms with Crippen LogP contribution in [0, 0.1) is 6.92 Å². The molecule has 0 atom stereocenters. The van der Waals surface area contributed by atoms with E-state index in [0.717, 1.165) is 37.2 Å². The van der Waals surface area contributed by atoms with Crippen LogP contribution in [0.2, 0.25) is 0 Å². The molecule has 2 aromatic heterocycles. The number of hydrogen-bond donors (Lipinski definition) is 1. The van der Waals surface area contributed by atoms with Crippen LogP contribution in [-0.4, -0.2) is 33.0 Å². The first-order valence-electron chi connectivity index (χ1n) is 7.49. The maximum absolute atomic E-state index is 5.19. The summed E-state index contributed by atoms with van der Waals surface area (Å²) in [5, 5.41) is 11.9. The lowest BCUT2D eigenvalue weighted by Crippen LogP contribution is -2.16. The fourth-order valence-corrected chi connectivity index (χ4v) is 2.72. The van der Waals surface area contributed by atoms with Crippen molar-refractivity contribution < 1.29 is 4.52 Å². The van der Waals surface area contributed by atoms with Gasteiger partial charge in [0.25, 0.3) is 5.89 Å². The summed E-state index contributed by atoms with van der Waals surface area (Å²) in [5.41, 5.74) is 4.49. The molecule has 0 aliphatic carbocycles. The van der Waals surface area contributed by atoms with Gasteiger partial charge >= 0.3 is 0 Å². The van der Waals surface area contributed by atoms with Gasteiger partial charge in [0.05, 0.1) is 11.4 Å². The zero-order valence-electron chi connectivity index (χ0n) is 12.4. The molecule has 3 aromatic rings. The molecule has 6 heteroatoms. The van der Waals surface area contributed by atoms with E-state index >= 15 is 0 Å². The number of hydrogen-bond acceptors (Lipinski definition) is 5. The Morgan fingerprint density at radius 1 is 1.14 bits per heavy atom. The second-order valence-electron chi connectivity index (χ2n) is 5.49. The Labute approximate surface area is 128 Å².